The molecule has 17 heavy (non-hydrogen) atoms. The van der Waals surface area contributed by atoms with E-state index in [9.17, 15) is 4.79 Å². The molecule has 2 heterocycles. The van der Waals surface area contributed by atoms with E-state index in [1.807, 2.05) is 6.07 Å². The van der Waals surface area contributed by atoms with Gasteiger partial charge in [-0.1, -0.05) is 0 Å². The quantitative estimate of drug-likeness (QED) is 0.874. The van der Waals surface area contributed by atoms with E-state index < -0.39 is 0 Å². The second-order valence-electron chi connectivity index (χ2n) is 3.57. The molecule has 0 aromatic carbocycles. The van der Waals surface area contributed by atoms with Crippen LogP contribution in [0.1, 0.15) is 16.2 Å². The summed E-state index contributed by atoms with van der Waals surface area (Å²) in [7, 11) is 1.71. The molecule has 0 N–H and O–H groups in total. The molecule has 5 heteroatoms. The highest BCUT2D eigenvalue weighted by Gasteiger charge is 2.16. The van der Waals surface area contributed by atoms with Crippen molar-refractivity contribution in [2.45, 2.75) is 6.54 Å². The number of carbonyl (C=O) groups excluding carboxylic acids is 1. The maximum absolute atomic E-state index is 12.1. The van der Waals surface area contributed by atoms with Crippen LogP contribution in [0.5, 0.6) is 0 Å². The number of aromatic nitrogens is 1. The first-order valence-corrected chi connectivity index (χ1v) is 5.86. The van der Waals surface area contributed by atoms with Crippen molar-refractivity contribution in [2.24, 2.45) is 0 Å². The summed E-state index contributed by atoms with van der Waals surface area (Å²) in [5.41, 5.74) is 0.404. The Labute approximate surface area is 107 Å². The number of furan rings is 1. The Balaban J connectivity index is 2.13. The van der Waals surface area contributed by atoms with Gasteiger partial charge in [0.15, 0.2) is 0 Å². The second kappa shape index (κ2) is 5.14. The zero-order chi connectivity index (χ0) is 12.3. The largest absolute Gasteiger partial charge is 0.467 e. The van der Waals surface area contributed by atoms with E-state index in [-0.39, 0.29) is 5.91 Å². The van der Waals surface area contributed by atoms with Gasteiger partial charge in [-0.2, -0.15) is 0 Å². The van der Waals surface area contributed by atoms with Crippen molar-refractivity contribution < 1.29 is 9.21 Å². The number of nitrogens with zero attached hydrogens (tertiary/aromatic N) is 2. The van der Waals surface area contributed by atoms with Crippen molar-refractivity contribution in [3.8, 4) is 0 Å². The number of amides is 1. The fourth-order valence-corrected chi connectivity index (χ4v) is 1.86. The number of halogens is 1. The Kier molecular flexibility index (Phi) is 3.58. The summed E-state index contributed by atoms with van der Waals surface area (Å²) in [5, 5.41) is 0. The molecule has 88 valence electrons. The van der Waals surface area contributed by atoms with Crippen LogP contribution in [-0.4, -0.2) is 22.8 Å². The van der Waals surface area contributed by atoms with Gasteiger partial charge in [0.05, 0.1) is 12.8 Å². The highest BCUT2D eigenvalue weighted by atomic mass is 79.9. The standard InChI is InChI=1S/C12H11BrN2O2/c1-15(8-9-4-3-7-17-9)12(16)11-10(13)5-2-6-14-11/h2-7H,8H2,1H3. The van der Waals surface area contributed by atoms with Crippen LogP contribution < -0.4 is 0 Å². The van der Waals surface area contributed by atoms with E-state index in [0.717, 1.165) is 5.76 Å². The van der Waals surface area contributed by atoms with Gasteiger partial charge in [-0.25, -0.2) is 4.98 Å². The molecule has 0 aliphatic rings. The molecule has 0 saturated carbocycles. The molecule has 2 aromatic heterocycles. The minimum Gasteiger partial charge on any atom is -0.467 e. The lowest BCUT2D eigenvalue weighted by Gasteiger charge is -2.15. The van der Waals surface area contributed by atoms with Gasteiger partial charge >= 0.3 is 0 Å². The molecule has 0 aliphatic heterocycles. The zero-order valence-corrected chi connectivity index (χ0v) is 10.8. The van der Waals surface area contributed by atoms with Gasteiger partial charge in [0.25, 0.3) is 5.91 Å². The van der Waals surface area contributed by atoms with Crippen LogP contribution in [-0.2, 0) is 6.54 Å². The lowest BCUT2D eigenvalue weighted by Crippen LogP contribution is -2.27. The van der Waals surface area contributed by atoms with Crippen molar-refractivity contribution in [3.63, 3.8) is 0 Å². The highest BCUT2D eigenvalue weighted by molar-refractivity contribution is 9.10. The van der Waals surface area contributed by atoms with Crippen molar-refractivity contribution in [1.29, 1.82) is 0 Å². The molecule has 0 radical (unpaired) electrons. The molecular weight excluding hydrogens is 284 g/mol. The summed E-state index contributed by atoms with van der Waals surface area (Å²) in [6.07, 6.45) is 3.18. The van der Waals surface area contributed by atoms with Gasteiger partial charge < -0.3 is 9.32 Å². The van der Waals surface area contributed by atoms with E-state index in [1.54, 1.807) is 42.6 Å². The fourth-order valence-electron chi connectivity index (χ4n) is 1.43. The van der Waals surface area contributed by atoms with Crippen LogP contribution in [0.15, 0.2) is 45.6 Å². The van der Waals surface area contributed by atoms with E-state index in [1.165, 1.54) is 0 Å². The minimum atomic E-state index is -0.145. The normalized spacial score (nSPS) is 10.2. The zero-order valence-electron chi connectivity index (χ0n) is 9.26. The summed E-state index contributed by atoms with van der Waals surface area (Å²) >= 11 is 3.31. The molecular formula is C12H11BrN2O2. The monoisotopic (exact) mass is 294 g/mol. The number of rotatable bonds is 3. The van der Waals surface area contributed by atoms with Gasteiger partial charge in [0.1, 0.15) is 11.5 Å². The Morgan fingerprint density at radius 1 is 1.47 bits per heavy atom. The first-order chi connectivity index (χ1) is 8.18. The fraction of sp³-hybridized carbons (Fsp3) is 0.167. The van der Waals surface area contributed by atoms with E-state index in [4.69, 9.17) is 4.42 Å². The lowest BCUT2D eigenvalue weighted by atomic mass is 10.3. The third-order valence-corrected chi connectivity index (χ3v) is 2.92. The van der Waals surface area contributed by atoms with Crippen molar-refractivity contribution in [2.75, 3.05) is 7.05 Å². The number of hydrogen-bond acceptors (Lipinski definition) is 3. The topological polar surface area (TPSA) is 46.3 Å². The van der Waals surface area contributed by atoms with Gasteiger partial charge in [0, 0.05) is 17.7 Å². The van der Waals surface area contributed by atoms with Crippen LogP contribution >= 0.6 is 15.9 Å². The summed E-state index contributed by atoms with van der Waals surface area (Å²) in [4.78, 5) is 17.7. The van der Waals surface area contributed by atoms with Crippen LogP contribution in [0.4, 0.5) is 0 Å². The van der Waals surface area contributed by atoms with Crippen LogP contribution in [0.2, 0.25) is 0 Å². The molecule has 2 rings (SSSR count). The second-order valence-corrected chi connectivity index (χ2v) is 4.43. The molecule has 0 unspecified atom stereocenters. The molecule has 4 nitrogen and oxygen atoms in total. The number of pyridine rings is 1. The van der Waals surface area contributed by atoms with Crippen molar-refractivity contribution >= 4 is 21.8 Å². The maximum Gasteiger partial charge on any atom is 0.273 e. The van der Waals surface area contributed by atoms with Crippen LogP contribution in [0.3, 0.4) is 0 Å². The molecule has 0 bridgehead atoms. The molecule has 1 amide bonds. The Morgan fingerprint density at radius 2 is 2.29 bits per heavy atom. The molecule has 0 fully saturated rings. The average molecular weight is 295 g/mol. The molecule has 0 saturated heterocycles. The van der Waals surface area contributed by atoms with Gasteiger partial charge in [-0.15, -0.1) is 0 Å². The predicted octanol–water partition coefficient (Wildman–Crippen LogP) is 2.71. The first kappa shape index (κ1) is 11.9. The average Bonchev–Trinajstić information content (AvgIpc) is 2.81. The third kappa shape index (κ3) is 2.74. The van der Waals surface area contributed by atoms with Gasteiger partial charge in [0.2, 0.25) is 0 Å². The van der Waals surface area contributed by atoms with E-state index >= 15 is 0 Å². The summed E-state index contributed by atoms with van der Waals surface area (Å²) in [6.45, 7) is 0.425. The SMILES string of the molecule is CN(Cc1ccco1)C(=O)c1ncccc1Br. The Bertz CT molecular complexity index is 511. The van der Waals surface area contributed by atoms with Crippen molar-refractivity contribution in [1.82, 2.24) is 9.88 Å². The van der Waals surface area contributed by atoms with E-state index in [2.05, 4.69) is 20.9 Å². The molecule has 0 spiro atoms. The minimum absolute atomic E-state index is 0.145. The molecule has 2 aromatic rings. The number of hydrogen-bond donors (Lipinski definition) is 0. The Hall–Kier alpha value is -1.62. The van der Waals surface area contributed by atoms with Crippen molar-refractivity contribution in [3.05, 3.63) is 52.7 Å². The third-order valence-electron chi connectivity index (χ3n) is 2.28. The van der Waals surface area contributed by atoms with Crippen LogP contribution in [0, 0.1) is 0 Å². The Morgan fingerprint density at radius 3 is 2.94 bits per heavy atom. The van der Waals surface area contributed by atoms with Gasteiger partial charge in [-0.05, 0) is 40.2 Å². The summed E-state index contributed by atoms with van der Waals surface area (Å²) in [5.74, 6) is 0.599. The summed E-state index contributed by atoms with van der Waals surface area (Å²) < 4.78 is 5.89. The van der Waals surface area contributed by atoms with Crippen LogP contribution in [0.25, 0.3) is 0 Å². The predicted molar refractivity (Wildman–Crippen MR) is 66.4 cm³/mol. The summed E-state index contributed by atoms with van der Waals surface area (Å²) in [6, 6.07) is 7.19. The first-order valence-electron chi connectivity index (χ1n) is 5.07. The highest BCUT2D eigenvalue weighted by Crippen LogP contribution is 2.16. The maximum atomic E-state index is 12.1. The van der Waals surface area contributed by atoms with Gasteiger partial charge in [-0.3, -0.25) is 4.79 Å². The smallest absolute Gasteiger partial charge is 0.273 e. The molecule has 0 atom stereocenters. The molecule has 0 aliphatic carbocycles. The number of carbonyl (C=O) groups is 1. The lowest BCUT2D eigenvalue weighted by molar-refractivity contribution is 0.0768. The van der Waals surface area contributed by atoms with E-state index in [0.29, 0.717) is 16.7 Å².